The fourth-order valence-electron chi connectivity index (χ4n) is 1.59. The minimum Gasteiger partial charge on any atom is -0.308 e. The first kappa shape index (κ1) is 12.7. The summed E-state index contributed by atoms with van der Waals surface area (Å²) < 4.78 is 13.8. The highest BCUT2D eigenvalue weighted by Crippen LogP contribution is 2.20. The minimum atomic E-state index is -0.212. The normalized spacial score (nSPS) is 10.8. The number of nitrogens with one attached hydrogen (secondary N) is 1. The summed E-state index contributed by atoms with van der Waals surface area (Å²) in [6, 6.07) is 9.33. The van der Waals surface area contributed by atoms with Gasteiger partial charge >= 0.3 is 0 Å². The Balaban J connectivity index is 1.92. The molecule has 1 aromatic heterocycles. The molecular formula is C13H13BrFNS. The highest BCUT2D eigenvalue weighted by Gasteiger charge is 2.04. The zero-order valence-corrected chi connectivity index (χ0v) is 11.9. The Labute approximate surface area is 113 Å². The lowest BCUT2D eigenvalue weighted by molar-refractivity contribution is 0.612. The van der Waals surface area contributed by atoms with E-state index in [9.17, 15) is 4.39 Å². The van der Waals surface area contributed by atoms with Gasteiger partial charge in [-0.15, -0.1) is 11.3 Å². The van der Waals surface area contributed by atoms with Gasteiger partial charge in [0.1, 0.15) is 5.82 Å². The second-order valence-electron chi connectivity index (χ2n) is 3.83. The second-order valence-corrected chi connectivity index (χ2v) is 5.99. The first-order valence-electron chi connectivity index (χ1n) is 5.36. The van der Waals surface area contributed by atoms with E-state index >= 15 is 0 Å². The first-order chi connectivity index (χ1) is 8.16. The standard InChI is InChI=1S/C13H13BrFNS/c1-9-5-6-11(17-9)8-16-7-10-3-2-4-12(15)13(10)14/h2-6,16H,7-8H2,1H3. The maximum Gasteiger partial charge on any atom is 0.137 e. The molecule has 0 saturated heterocycles. The van der Waals surface area contributed by atoms with Crippen LogP contribution in [-0.4, -0.2) is 0 Å². The van der Waals surface area contributed by atoms with Gasteiger partial charge < -0.3 is 5.32 Å². The van der Waals surface area contributed by atoms with Gasteiger partial charge in [0.25, 0.3) is 0 Å². The molecule has 1 aromatic carbocycles. The minimum absolute atomic E-state index is 0.212. The molecule has 0 aliphatic carbocycles. The molecule has 17 heavy (non-hydrogen) atoms. The smallest absolute Gasteiger partial charge is 0.137 e. The van der Waals surface area contributed by atoms with E-state index in [4.69, 9.17) is 0 Å². The fourth-order valence-corrected chi connectivity index (χ4v) is 2.85. The van der Waals surface area contributed by atoms with Gasteiger partial charge in [0.2, 0.25) is 0 Å². The molecule has 0 atom stereocenters. The zero-order chi connectivity index (χ0) is 12.3. The Bertz CT molecular complexity index is 510. The SMILES string of the molecule is Cc1ccc(CNCc2cccc(F)c2Br)s1. The molecule has 0 radical (unpaired) electrons. The molecule has 1 nitrogen and oxygen atoms in total. The summed E-state index contributed by atoms with van der Waals surface area (Å²) in [5, 5.41) is 3.31. The van der Waals surface area contributed by atoms with E-state index in [1.807, 2.05) is 6.07 Å². The Morgan fingerprint density at radius 3 is 2.76 bits per heavy atom. The largest absolute Gasteiger partial charge is 0.308 e. The lowest BCUT2D eigenvalue weighted by Gasteiger charge is -2.06. The Kier molecular flexibility index (Phi) is 4.31. The average Bonchev–Trinajstić information content (AvgIpc) is 2.70. The van der Waals surface area contributed by atoms with E-state index in [-0.39, 0.29) is 5.82 Å². The molecule has 0 amide bonds. The topological polar surface area (TPSA) is 12.0 Å². The summed E-state index contributed by atoms with van der Waals surface area (Å²) in [4.78, 5) is 2.61. The summed E-state index contributed by atoms with van der Waals surface area (Å²) in [7, 11) is 0. The summed E-state index contributed by atoms with van der Waals surface area (Å²) in [6.45, 7) is 3.58. The molecule has 4 heteroatoms. The van der Waals surface area contributed by atoms with Crippen LogP contribution in [0, 0.1) is 12.7 Å². The Hall–Kier alpha value is -0.710. The molecule has 0 aliphatic heterocycles. The van der Waals surface area contributed by atoms with Gasteiger partial charge in [0, 0.05) is 22.8 Å². The molecule has 1 heterocycles. The molecule has 2 aromatic rings. The van der Waals surface area contributed by atoms with Crippen molar-refractivity contribution < 1.29 is 4.39 Å². The maximum atomic E-state index is 13.3. The predicted molar refractivity (Wildman–Crippen MR) is 73.7 cm³/mol. The molecule has 90 valence electrons. The van der Waals surface area contributed by atoms with Crippen molar-refractivity contribution in [1.82, 2.24) is 5.32 Å². The van der Waals surface area contributed by atoms with Crippen LogP contribution in [0.4, 0.5) is 4.39 Å². The van der Waals surface area contributed by atoms with Gasteiger partial charge in [-0.05, 0) is 46.6 Å². The van der Waals surface area contributed by atoms with E-state index in [1.165, 1.54) is 15.8 Å². The van der Waals surface area contributed by atoms with Crippen LogP contribution in [0.1, 0.15) is 15.3 Å². The van der Waals surface area contributed by atoms with Gasteiger partial charge in [0.15, 0.2) is 0 Å². The van der Waals surface area contributed by atoms with Crippen LogP contribution in [0.3, 0.4) is 0 Å². The lowest BCUT2D eigenvalue weighted by Crippen LogP contribution is -2.12. The summed E-state index contributed by atoms with van der Waals surface area (Å²) in [5.74, 6) is -0.212. The van der Waals surface area contributed by atoms with E-state index in [1.54, 1.807) is 17.4 Å². The zero-order valence-electron chi connectivity index (χ0n) is 9.47. The summed E-state index contributed by atoms with van der Waals surface area (Å²) in [5.41, 5.74) is 0.943. The van der Waals surface area contributed by atoms with Crippen molar-refractivity contribution in [3.8, 4) is 0 Å². The van der Waals surface area contributed by atoms with Gasteiger partial charge in [-0.2, -0.15) is 0 Å². The summed E-state index contributed by atoms with van der Waals surface area (Å²) >= 11 is 5.04. The van der Waals surface area contributed by atoms with E-state index in [0.29, 0.717) is 11.0 Å². The lowest BCUT2D eigenvalue weighted by atomic mass is 10.2. The molecule has 0 fully saturated rings. The molecular weight excluding hydrogens is 301 g/mol. The van der Waals surface area contributed by atoms with E-state index in [2.05, 4.69) is 40.3 Å². The molecule has 1 N–H and O–H groups in total. The van der Waals surface area contributed by atoms with Crippen molar-refractivity contribution in [2.24, 2.45) is 0 Å². The first-order valence-corrected chi connectivity index (χ1v) is 6.96. The predicted octanol–water partition coefficient (Wildman–Crippen LogP) is 4.25. The van der Waals surface area contributed by atoms with Crippen LogP contribution < -0.4 is 5.32 Å². The van der Waals surface area contributed by atoms with Crippen molar-refractivity contribution in [3.05, 3.63) is 55.9 Å². The van der Waals surface area contributed by atoms with Crippen LogP contribution in [0.5, 0.6) is 0 Å². The maximum absolute atomic E-state index is 13.3. The summed E-state index contributed by atoms with van der Waals surface area (Å²) in [6.07, 6.45) is 0. The van der Waals surface area contributed by atoms with Gasteiger partial charge in [-0.3, -0.25) is 0 Å². The fraction of sp³-hybridized carbons (Fsp3) is 0.231. The Morgan fingerprint density at radius 1 is 1.24 bits per heavy atom. The quantitative estimate of drug-likeness (QED) is 0.890. The number of hydrogen-bond acceptors (Lipinski definition) is 2. The third-order valence-corrected chi connectivity index (χ3v) is 4.33. The van der Waals surface area contributed by atoms with Gasteiger partial charge in [-0.1, -0.05) is 12.1 Å². The molecule has 0 aliphatic rings. The van der Waals surface area contributed by atoms with Crippen LogP contribution in [0.25, 0.3) is 0 Å². The number of rotatable bonds is 4. The molecule has 0 unspecified atom stereocenters. The molecule has 2 rings (SSSR count). The van der Waals surface area contributed by atoms with Gasteiger partial charge in [-0.25, -0.2) is 4.39 Å². The van der Waals surface area contributed by atoms with Crippen molar-refractivity contribution >= 4 is 27.3 Å². The molecule has 0 bridgehead atoms. The highest BCUT2D eigenvalue weighted by atomic mass is 79.9. The van der Waals surface area contributed by atoms with Crippen LogP contribution in [0.2, 0.25) is 0 Å². The average molecular weight is 314 g/mol. The third kappa shape index (κ3) is 3.37. The van der Waals surface area contributed by atoms with Crippen molar-refractivity contribution in [2.75, 3.05) is 0 Å². The van der Waals surface area contributed by atoms with Crippen LogP contribution >= 0.6 is 27.3 Å². The van der Waals surface area contributed by atoms with Crippen LogP contribution in [0.15, 0.2) is 34.8 Å². The van der Waals surface area contributed by atoms with Crippen LogP contribution in [-0.2, 0) is 13.1 Å². The number of thiophene rings is 1. The van der Waals surface area contributed by atoms with Gasteiger partial charge in [0.05, 0.1) is 4.47 Å². The monoisotopic (exact) mass is 313 g/mol. The molecule has 0 spiro atoms. The van der Waals surface area contributed by atoms with Crippen molar-refractivity contribution in [1.29, 1.82) is 0 Å². The number of halogens is 2. The second kappa shape index (κ2) is 5.76. The Morgan fingerprint density at radius 2 is 2.06 bits per heavy atom. The van der Waals surface area contributed by atoms with Crippen molar-refractivity contribution in [2.45, 2.75) is 20.0 Å². The number of aryl methyl sites for hydroxylation is 1. The number of benzene rings is 1. The van der Waals surface area contributed by atoms with Crippen molar-refractivity contribution in [3.63, 3.8) is 0 Å². The highest BCUT2D eigenvalue weighted by molar-refractivity contribution is 9.10. The van der Waals surface area contributed by atoms with E-state index in [0.717, 1.165) is 12.1 Å². The molecule has 0 saturated carbocycles. The number of hydrogen-bond donors (Lipinski definition) is 1. The van der Waals surface area contributed by atoms with E-state index < -0.39 is 0 Å². The third-order valence-electron chi connectivity index (χ3n) is 2.44.